The van der Waals surface area contributed by atoms with Gasteiger partial charge in [0.25, 0.3) is 0 Å². The van der Waals surface area contributed by atoms with Crippen molar-refractivity contribution >= 4 is 12.1 Å². The van der Waals surface area contributed by atoms with E-state index in [0.717, 1.165) is 11.1 Å². The number of hydrogen-bond acceptors (Lipinski definition) is 3. The summed E-state index contributed by atoms with van der Waals surface area (Å²) in [6, 6.07) is 3.04. The van der Waals surface area contributed by atoms with Crippen LogP contribution in [-0.4, -0.2) is 39.8 Å². The second-order valence-corrected chi connectivity index (χ2v) is 8.41. The molecule has 0 spiro atoms. The minimum absolute atomic E-state index is 0.0927. The maximum Gasteiger partial charge on any atom is 0.411 e. The fourth-order valence-corrected chi connectivity index (χ4v) is 3.47. The molecule has 152 valence electrons. The minimum atomic E-state index is -1.11. The lowest BCUT2D eigenvalue weighted by Gasteiger charge is -2.40. The molecule has 0 bridgehead atoms. The van der Waals surface area contributed by atoms with E-state index >= 15 is 0 Å². The van der Waals surface area contributed by atoms with E-state index < -0.39 is 29.7 Å². The molecular weight excluding hydrogens is 349 g/mol. The van der Waals surface area contributed by atoms with Gasteiger partial charge < -0.3 is 9.84 Å². The predicted molar refractivity (Wildman–Crippen MR) is 103 cm³/mol. The van der Waals surface area contributed by atoms with Gasteiger partial charge in [0.15, 0.2) is 0 Å². The molecule has 0 heterocycles. The van der Waals surface area contributed by atoms with Gasteiger partial charge in [0.2, 0.25) is 0 Å². The van der Waals surface area contributed by atoms with Gasteiger partial charge in [-0.1, -0.05) is 19.9 Å². The fourth-order valence-electron chi connectivity index (χ4n) is 3.47. The number of amides is 1. The summed E-state index contributed by atoms with van der Waals surface area (Å²) in [4.78, 5) is 25.8. The van der Waals surface area contributed by atoms with Crippen LogP contribution >= 0.6 is 0 Å². The summed E-state index contributed by atoms with van der Waals surface area (Å²) in [5.74, 6) is -1.52. The zero-order chi connectivity index (χ0) is 21.1. The molecule has 3 atom stereocenters. The maximum atomic E-state index is 13.6. The monoisotopic (exact) mass is 381 g/mol. The first-order chi connectivity index (χ1) is 12.3. The summed E-state index contributed by atoms with van der Waals surface area (Å²) in [6.07, 6.45) is -0.671. The van der Waals surface area contributed by atoms with Crippen molar-refractivity contribution in [3.05, 3.63) is 35.1 Å². The van der Waals surface area contributed by atoms with Crippen LogP contribution in [0.4, 0.5) is 9.18 Å². The normalized spacial score (nSPS) is 15.2. The molecule has 0 unspecified atom stereocenters. The fraction of sp³-hybridized carbons (Fsp3) is 0.619. The average Bonchev–Trinajstić information content (AvgIpc) is 2.47. The van der Waals surface area contributed by atoms with Gasteiger partial charge in [-0.15, -0.1) is 0 Å². The Hall–Kier alpha value is -2.11. The smallest absolute Gasteiger partial charge is 0.411 e. The van der Waals surface area contributed by atoms with Gasteiger partial charge >= 0.3 is 12.1 Å². The summed E-state index contributed by atoms with van der Waals surface area (Å²) in [5, 5.41) is 9.53. The Morgan fingerprint density at radius 3 is 2.11 bits per heavy atom. The van der Waals surface area contributed by atoms with E-state index in [0.29, 0.717) is 0 Å². The van der Waals surface area contributed by atoms with Crippen LogP contribution in [0.15, 0.2) is 18.2 Å². The van der Waals surface area contributed by atoms with Crippen molar-refractivity contribution in [2.75, 3.05) is 0 Å². The van der Waals surface area contributed by atoms with Gasteiger partial charge in [0.05, 0.1) is 0 Å². The third-order valence-electron chi connectivity index (χ3n) is 4.65. The third kappa shape index (κ3) is 5.94. The molecule has 1 rings (SSSR count). The van der Waals surface area contributed by atoms with Crippen LogP contribution in [0.1, 0.15) is 65.5 Å². The average molecular weight is 381 g/mol. The second-order valence-electron chi connectivity index (χ2n) is 8.41. The number of hydrogen-bond donors (Lipinski definition) is 1. The van der Waals surface area contributed by atoms with Gasteiger partial charge in [-0.25, -0.2) is 14.0 Å². The number of rotatable bonds is 6. The van der Waals surface area contributed by atoms with Crippen molar-refractivity contribution in [2.24, 2.45) is 5.92 Å². The van der Waals surface area contributed by atoms with E-state index in [9.17, 15) is 19.1 Å². The van der Waals surface area contributed by atoms with E-state index in [2.05, 4.69) is 0 Å². The Labute approximate surface area is 161 Å². The number of aryl methyl sites for hydroxylation is 1. The Bertz CT molecular complexity index is 681. The first kappa shape index (κ1) is 22.9. The first-order valence-electron chi connectivity index (χ1n) is 9.26. The van der Waals surface area contributed by atoms with Crippen LogP contribution in [0.3, 0.4) is 0 Å². The number of aliphatic carboxylic acids is 1. The van der Waals surface area contributed by atoms with Crippen molar-refractivity contribution in [1.82, 2.24) is 4.90 Å². The molecule has 6 heteroatoms. The summed E-state index contributed by atoms with van der Waals surface area (Å²) < 4.78 is 19.0. The van der Waals surface area contributed by atoms with Gasteiger partial charge in [-0.05, 0) is 70.7 Å². The second kappa shape index (κ2) is 8.72. The number of carboxylic acid groups (broad SMARTS) is 1. The van der Waals surface area contributed by atoms with E-state index in [1.807, 2.05) is 27.7 Å². The number of halogens is 1. The Morgan fingerprint density at radius 2 is 1.70 bits per heavy atom. The zero-order valence-electron chi connectivity index (χ0n) is 17.5. The predicted octanol–water partition coefficient (Wildman–Crippen LogP) is 4.97. The standard InChI is InChI=1S/C21H32FNO4/c1-12(2)18(17-10-9-16(22)11-13(17)3)14(4)23(15(5)19(24)25)20(26)27-21(6,7)8/h9-12,14-15,18H,1-8H3,(H,24,25)/t14-,15-,18+/m0/s1. The van der Waals surface area contributed by atoms with Crippen molar-refractivity contribution < 1.29 is 23.8 Å². The van der Waals surface area contributed by atoms with Crippen LogP contribution in [0.2, 0.25) is 0 Å². The summed E-state index contributed by atoms with van der Waals surface area (Å²) in [7, 11) is 0. The molecule has 0 saturated carbocycles. The molecule has 0 aliphatic rings. The minimum Gasteiger partial charge on any atom is -0.480 e. The molecule has 0 saturated heterocycles. The van der Waals surface area contributed by atoms with Gasteiger partial charge in [-0.2, -0.15) is 0 Å². The van der Waals surface area contributed by atoms with Crippen molar-refractivity contribution in [2.45, 2.75) is 79.0 Å². The Kier molecular flexibility index (Phi) is 7.40. The maximum absolute atomic E-state index is 13.6. The molecule has 0 aliphatic carbocycles. The summed E-state index contributed by atoms with van der Waals surface area (Å²) >= 11 is 0. The van der Waals surface area contributed by atoms with Crippen LogP contribution in [0.5, 0.6) is 0 Å². The zero-order valence-corrected chi connectivity index (χ0v) is 17.5. The quantitative estimate of drug-likeness (QED) is 0.755. The highest BCUT2D eigenvalue weighted by Gasteiger charge is 2.38. The number of benzene rings is 1. The molecule has 27 heavy (non-hydrogen) atoms. The van der Waals surface area contributed by atoms with Crippen molar-refractivity contribution in [1.29, 1.82) is 0 Å². The molecular formula is C21H32FNO4. The van der Waals surface area contributed by atoms with Gasteiger partial charge in [0, 0.05) is 12.0 Å². The van der Waals surface area contributed by atoms with E-state index in [4.69, 9.17) is 4.74 Å². The molecule has 1 aromatic rings. The summed E-state index contributed by atoms with van der Waals surface area (Å²) in [5.41, 5.74) is 0.921. The van der Waals surface area contributed by atoms with E-state index in [-0.39, 0.29) is 17.7 Å². The van der Waals surface area contributed by atoms with Crippen LogP contribution in [0, 0.1) is 18.7 Å². The van der Waals surface area contributed by atoms with Gasteiger partial charge in [0.1, 0.15) is 17.5 Å². The topological polar surface area (TPSA) is 66.8 Å². The highest BCUT2D eigenvalue weighted by molar-refractivity contribution is 5.80. The number of carbonyl (C=O) groups excluding carboxylic acids is 1. The Balaban J connectivity index is 3.39. The van der Waals surface area contributed by atoms with Crippen LogP contribution in [0.25, 0.3) is 0 Å². The number of ether oxygens (including phenoxy) is 1. The van der Waals surface area contributed by atoms with Gasteiger partial charge in [-0.3, -0.25) is 4.90 Å². The number of carbonyl (C=O) groups is 2. The first-order valence-corrected chi connectivity index (χ1v) is 9.26. The molecule has 1 amide bonds. The summed E-state index contributed by atoms with van der Waals surface area (Å²) in [6.45, 7) is 14.3. The molecule has 0 aromatic heterocycles. The highest BCUT2D eigenvalue weighted by Crippen LogP contribution is 2.34. The molecule has 5 nitrogen and oxygen atoms in total. The lowest BCUT2D eigenvalue weighted by Crippen LogP contribution is -2.52. The lowest BCUT2D eigenvalue weighted by molar-refractivity contribution is -0.143. The van der Waals surface area contributed by atoms with Crippen LogP contribution < -0.4 is 0 Å². The largest absolute Gasteiger partial charge is 0.480 e. The van der Waals surface area contributed by atoms with E-state index in [1.54, 1.807) is 26.8 Å². The lowest BCUT2D eigenvalue weighted by atomic mass is 9.80. The third-order valence-corrected chi connectivity index (χ3v) is 4.65. The SMILES string of the molecule is Cc1cc(F)ccc1[C@H](C(C)C)[C@H](C)N(C(=O)OC(C)(C)C)[C@@H](C)C(=O)O. The number of nitrogens with zero attached hydrogens (tertiary/aromatic N) is 1. The molecule has 0 radical (unpaired) electrons. The Morgan fingerprint density at radius 1 is 1.15 bits per heavy atom. The molecule has 0 fully saturated rings. The number of carboxylic acids is 1. The van der Waals surface area contributed by atoms with Crippen molar-refractivity contribution in [3.8, 4) is 0 Å². The molecule has 0 aliphatic heterocycles. The molecule has 1 N–H and O–H groups in total. The van der Waals surface area contributed by atoms with E-state index in [1.165, 1.54) is 24.0 Å². The highest BCUT2D eigenvalue weighted by atomic mass is 19.1. The van der Waals surface area contributed by atoms with Crippen LogP contribution in [-0.2, 0) is 9.53 Å². The molecule has 1 aromatic carbocycles. The van der Waals surface area contributed by atoms with Crippen molar-refractivity contribution in [3.63, 3.8) is 0 Å².